The molecule has 25 heavy (non-hydrogen) atoms. The van der Waals surface area contributed by atoms with Crippen molar-refractivity contribution in [3.8, 4) is 5.69 Å². The maximum Gasteiger partial charge on any atom is 0.191 e. The number of nitrogens with zero attached hydrogens (tertiary/aromatic N) is 3. The lowest BCUT2D eigenvalue weighted by Gasteiger charge is -2.41. The Morgan fingerprint density at radius 1 is 1.28 bits per heavy atom. The number of rotatable bonds is 6. The molecule has 0 bridgehead atoms. The van der Waals surface area contributed by atoms with Gasteiger partial charge in [-0.05, 0) is 48.4 Å². The topological polar surface area (TPSA) is 54.2 Å². The number of aromatic nitrogens is 2. The molecule has 0 atom stereocenters. The highest BCUT2D eigenvalue weighted by Gasteiger charge is 2.34. The molecule has 2 N–H and O–H groups in total. The number of hydrogen-bond acceptors (Lipinski definition) is 2. The lowest BCUT2D eigenvalue weighted by molar-refractivity contribution is 0.131. The average Bonchev–Trinajstić information content (AvgIpc) is 3.12. The number of guanidine groups is 1. The largest absolute Gasteiger partial charge is 0.356 e. The van der Waals surface area contributed by atoms with Crippen LogP contribution in [0.5, 0.6) is 0 Å². The smallest absolute Gasteiger partial charge is 0.191 e. The van der Waals surface area contributed by atoms with Gasteiger partial charge in [0.1, 0.15) is 0 Å². The van der Waals surface area contributed by atoms with E-state index in [1.807, 2.05) is 24.0 Å². The summed E-state index contributed by atoms with van der Waals surface area (Å²) in [4.78, 5) is 4.35. The van der Waals surface area contributed by atoms with E-state index in [1.165, 1.54) is 31.2 Å². The van der Waals surface area contributed by atoms with Crippen LogP contribution in [0.1, 0.15) is 38.2 Å². The highest BCUT2D eigenvalue weighted by Crippen LogP contribution is 2.42. The van der Waals surface area contributed by atoms with E-state index < -0.39 is 0 Å². The van der Waals surface area contributed by atoms with Crippen molar-refractivity contribution in [3.63, 3.8) is 0 Å². The average molecular weight is 453 g/mol. The normalized spacial score (nSPS) is 15.8. The summed E-state index contributed by atoms with van der Waals surface area (Å²) < 4.78 is 1.87. The van der Waals surface area contributed by atoms with Gasteiger partial charge in [-0.2, -0.15) is 5.10 Å². The van der Waals surface area contributed by atoms with Crippen LogP contribution in [0.4, 0.5) is 0 Å². The molecular formula is C19H28IN5. The van der Waals surface area contributed by atoms with Crippen LogP contribution in [-0.2, 0) is 6.54 Å². The maximum atomic E-state index is 4.35. The van der Waals surface area contributed by atoms with E-state index in [4.69, 9.17) is 0 Å². The van der Waals surface area contributed by atoms with Crippen molar-refractivity contribution in [2.45, 2.75) is 39.2 Å². The zero-order chi connectivity index (χ0) is 16.8. The zero-order valence-electron chi connectivity index (χ0n) is 15.0. The molecule has 0 radical (unpaired) electrons. The summed E-state index contributed by atoms with van der Waals surface area (Å²) in [6.07, 6.45) is 9.01. The molecule has 0 saturated heterocycles. The van der Waals surface area contributed by atoms with Gasteiger partial charge in [0, 0.05) is 32.5 Å². The van der Waals surface area contributed by atoms with Gasteiger partial charge in [-0.3, -0.25) is 4.99 Å². The molecular weight excluding hydrogens is 425 g/mol. The van der Waals surface area contributed by atoms with Gasteiger partial charge in [0.05, 0.1) is 5.69 Å². The van der Waals surface area contributed by atoms with Gasteiger partial charge in [-0.1, -0.05) is 25.5 Å². The first-order valence-corrected chi connectivity index (χ1v) is 8.78. The molecule has 6 heteroatoms. The molecule has 1 aromatic carbocycles. The van der Waals surface area contributed by atoms with Crippen molar-refractivity contribution >= 4 is 29.9 Å². The van der Waals surface area contributed by atoms with Crippen molar-refractivity contribution in [3.05, 3.63) is 48.3 Å². The van der Waals surface area contributed by atoms with Crippen molar-refractivity contribution < 1.29 is 0 Å². The Hall–Kier alpha value is -1.57. The highest BCUT2D eigenvalue weighted by molar-refractivity contribution is 14.0. The van der Waals surface area contributed by atoms with E-state index in [0.717, 1.165) is 24.7 Å². The minimum atomic E-state index is 0. The number of nitrogens with one attached hydrogen (secondary N) is 2. The fraction of sp³-hybridized carbons (Fsp3) is 0.474. The van der Waals surface area contributed by atoms with E-state index in [0.29, 0.717) is 5.41 Å². The lowest BCUT2D eigenvalue weighted by Crippen LogP contribution is -2.46. The molecule has 136 valence electrons. The number of benzene rings is 1. The quantitative estimate of drug-likeness (QED) is 0.398. The van der Waals surface area contributed by atoms with Crippen molar-refractivity contribution in [1.29, 1.82) is 0 Å². The maximum absolute atomic E-state index is 4.35. The van der Waals surface area contributed by atoms with Crippen LogP contribution in [-0.4, -0.2) is 29.3 Å². The van der Waals surface area contributed by atoms with Gasteiger partial charge in [-0.15, -0.1) is 24.0 Å². The molecule has 3 rings (SSSR count). The zero-order valence-corrected chi connectivity index (χ0v) is 17.4. The third-order valence-electron chi connectivity index (χ3n) is 5.16. The van der Waals surface area contributed by atoms with Gasteiger partial charge in [0.2, 0.25) is 0 Å². The van der Waals surface area contributed by atoms with Crippen LogP contribution in [0.2, 0.25) is 0 Å². The van der Waals surface area contributed by atoms with Gasteiger partial charge < -0.3 is 10.6 Å². The first kappa shape index (κ1) is 19.8. The standard InChI is InChI=1S/C19H27N5.HI/c1-3-19(9-5-10-19)15-22-18(20-2)21-14-16-7-4-8-17(13-16)24-12-6-11-23-24;/h4,6-8,11-13H,3,5,9-10,14-15H2,1-2H3,(H2,20,21,22);1H. The summed E-state index contributed by atoms with van der Waals surface area (Å²) in [5.41, 5.74) is 2.76. The van der Waals surface area contributed by atoms with Crippen LogP contribution in [0.3, 0.4) is 0 Å². The summed E-state index contributed by atoms with van der Waals surface area (Å²) in [6, 6.07) is 10.3. The molecule has 0 amide bonds. The van der Waals surface area contributed by atoms with Gasteiger partial charge >= 0.3 is 0 Å². The van der Waals surface area contributed by atoms with Crippen molar-refractivity contribution in [1.82, 2.24) is 20.4 Å². The lowest BCUT2D eigenvalue weighted by atomic mass is 9.67. The van der Waals surface area contributed by atoms with E-state index in [9.17, 15) is 0 Å². The minimum Gasteiger partial charge on any atom is -0.356 e. The number of hydrogen-bond donors (Lipinski definition) is 2. The first-order valence-electron chi connectivity index (χ1n) is 8.78. The van der Waals surface area contributed by atoms with Gasteiger partial charge in [0.25, 0.3) is 0 Å². The van der Waals surface area contributed by atoms with Crippen LogP contribution in [0.15, 0.2) is 47.7 Å². The van der Waals surface area contributed by atoms with Crippen LogP contribution >= 0.6 is 24.0 Å². The Morgan fingerprint density at radius 2 is 2.12 bits per heavy atom. The Bertz CT molecular complexity index is 671. The fourth-order valence-electron chi connectivity index (χ4n) is 3.24. The predicted octanol–water partition coefficient (Wildman–Crippen LogP) is 3.74. The molecule has 0 aliphatic heterocycles. The summed E-state index contributed by atoms with van der Waals surface area (Å²) >= 11 is 0. The van der Waals surface area contributed by atoms with Crippen LogP contribution in [0.25, 0.3) is 5.69 Å². The summed E-state index contributed by atoms with van der Waals surface area (Å²) in [6.45, 7) is 4.04. The monoisotopic (exact) mass is 453 g/mol. The van der Waals surface area contributed by atoms with E-state index in [2.05, 4.69) is 51.9 Å². The summed E-state index contributed by atoms with van der Waals surface area (Å²) in [7, 11) is 1.83. The van der Waals surface area contributed by atoms with E-state index in [1.54, 1.807) is 6.20 Å². The highest BCUT2D eigenvalue weighted by atomic mass is 127. The predicted molar refractivity (Wildman–Crippen MR) is 114 cm³/mol. The SMILES string of the molecule is CCC1(CNC(=NC)NCc2cccc(-n3cccn3)c2)CCC1.I. The second-order valence-corrected chi connectivity index (χ2v) is 6.61. The Labute approximate surface area is 167 Å². The molecule has 1 fully saturated rings. The second kappa shape index (κ2) is 9.22. The Balaban J connectivity index is 0.00000225. The Morgan fingerprint density at radius 3 is 2.72 bits per heavy atom. The molecule has 1 aliphatic rings. The molecule has 1 heterocycles. The third-order valence-corrected chi connectivity index (χ3v) is 5.16. The van der Waals surface area contributed by atoms with Gasteiger partial charge in [-0.25, -0.2) is 4.68 Å². The molecule has 0 unspecified atom stereocenters. The van der Waals surface area contributed by atoms with E-state index >= 15 is 0 Å². The van der Waals surface area contributed by atoms with Crippen molar-refractivity contribution in [2.75, 3.05) is 13.6 Å². The Kier molecular flexibility index (Phi) is 7.28. The molecule has 0 spiro atoms. The molecule has 5 nitrogen and oxygen atoms in total. The first-order chi connectivity index (χ1) is 11.7. The summed E-state index contributed by atoms with van der Waals surface area (Å²) in [5.74, 6) is 0.874. The van der Waals surface area contributed by atoms with Crippen molar-refractivity contribution in [2.24, 2.45) is 10.4 Å². The van der Waals surface area contributed by atoms with Crippen LogP contribution < -0.4 is 10.6 Å². The fourth-order valence-corrected chi connectivity index (χ4v) is 3.24. The van der Waals surface area contributed by atoms with E-state index in [-0.39, 0.29) is 24.0 Å². The number of aliphatic imine (C=N–C) groups is 1. The second-order valence-electron chi connectivity index (χ2n) is 6.61. The number of halogens is 1. The molecule has 1 saturated carbocycles. The van der Waals surface area contributed by atoms with Crippen LogP contribution in [0, 0.1) is 5.41 Å². The molecule has 1 aromatic heterocycles. The minimum absolute atomic E-state index is 0. The van der Waals surface area contributed by atoms with Gasteiger partial charge in [0.15, 0.2) is 5.96 Å². The molecule has 1 aliphatic carbocycles. The third kappa shape index (κ3) is 4.96. The molecule has 2 aromatic rings. The summed E-state index contributed by atoms with van der Waals surface area (Å²) in [5, 5.41) is 11.2.